The van der Waals surface area contributed by atoms with Crippen molar-refractivity contribution in [2.75, 3.05) is 44.7 Å². The second-order valence-corrected chi connectivity index (χ2v) is 8.92. The number of likely N-dealkylation sites (tertiary alicyclic amines) is 1. The van der Waals surface area contributed by atoms with E-state index in [9.17, 15) is 0 Å². The van der Waals surface area contributed by atoms with Gasteiger partial charge in [-0.3, -0.25) is 4.99 Å². The number of hydrogen-bond acceptors (Lipinski definition) is 2. The van der Waals surface area contributed by atoms with Gasteiger partial charge in [-0.25, -0.2) is 0 Å². The van der Waals surface area contributed by atoms with Crippen molar-refractivity contribution in [3.05, 3.63) is 28.8 Å². The number of nitrogens with one attached hydrogen (secondary N) is 1. The molecule has 26 heavy (non-hydrogen) atoms. The number of aliphatic imine (C=N–C) groups is 1. The van der Waals surface area contributed by atoms with Crippen LogP contribution in [0.4, 0.5) is 5.69 Å². The van der Waals surface area contributed by atoms with E-state index in [1.54, 1.807) is 0 Å². The van der Waals surface area contributed by atoms with Crippen molar-refractivity contribution in [2.45, 2.75) is 39.0 Å². The summed E-state index contributed by atoms with van der Waals surface area (Å²) in [6, 6.07) is 6.20. The van der Waals surface area contributed by atoms with Crippen molar-refractivity contribution in [1.29, 1.82) is 0 Å². The topological polar surface area (TPSA) is 30.9 Å². The molecule has 0 aromatic heterocycles. The van der Waals surface area contributed by atoms with Crippen LogP contribution in [-0.4, -0.2) is 50.6 Å². The first-order valence-electron chi connectivity index (χ1n) is 10.1. The Bertz CT molecular complexity index is 683. The Balaban J connectivity index is 1.30. The molecule has 4 nitrogen and oxygen atoms in total. The van der Waals surface area contributed by atoms with Gasteiger partial charge in [0.25, 0.3) is 0 Å². The van der Waals surface area contributed by atoms with Crippen LogP contribution >= 0.6 is 11.6 Å². The number of nitrogens with zero attached hydrogens (tertiary/aromatic N) is 3. The molecule has 3 fully saturated rings. The molecule has 142 valence electrons. The van der Waals surface area contributed by atoms with Crippen molar-refractivity contribution < 1.29 is 0 Å². The molecular weight excluding hydrogens is 344 g/mol. The van der Waals surface area contributed by atoms with Gasteiger partial charge in [-0.15, -0.1) is 0 Å². The van der Waals surface area contributed by atoms with Gasteiger partial charge in [0.05, 0.1) is 0 Å². The van der Waals surface area contributed by atoms with Gasteiger partial charge in [0, 0.05) is 50.5 Å². The minimum Gasteiger partial charge on any atom is -0.371 e. The van der Waals surface area contributed by atoms with E-state index < -0.39 is 0 Å². The molecule has 1 atom stereocenters. The van der Waals surface area contributed by atoms with Gasteiger partial charge in [-0.1, -0.05) is 24.1 Å². The van der Waals surface area contributed by atoms with E-state index in [2.05, 4.69) is 39.2 Å². The van der Waals surface area contributed by atoms with Crippen LogP contribution in [0.5, 0.6) is 0 Å². The fourth-order valence-corrected chi connectivity index (χ4v) is 5.08. The summed E-state index contributed by atoms with van der Waals surface area (Å²) in [5.74, 6) is 1.76. The molecule has 1 aromatic rings. The minimum absolute atomic E-state index is 0.617. The Morgan fingerprint density at radius 2 is 2.15 bits per heavy atom. The van der Waals surface area contributed by atoms with Crippen molar-refractivity contribution in [3.63, 3.8) is 0 Å². The normalized spacial score (nSPS) is 25.0. The molecule has 2 heterocycles. The van der Waals surface area contributed by atoms with Crippen LogP contribution in [0.15, 0.2) is 23.2 Å². The quantitative estimate of drug-likeness (QED) is 0.642. The molecule has 0 radical (unpaired) electrons. The van der Waals surface area contributed by atoms with Gasteiger partial charge in [-0.2, -0.15) is 0 Å². The fraction of sp³-hybridized carbons (Fsp3) is 0.667. The van der Waals surface area contributed by atoms with E-state index in [1.165, 1.54) is 49.9 Å². The summed E-state index contributed by atoms with van der Waals surface area (Å²) < 4.78 is 0. The highest BCUT2D eigenvalue weighted by molar-refractivity contribution is 6.30. The molecule has 3 aliphatic rings. The number of halogens is 1. The molecule has 2 aliphatic heterocycles. The first-order chi connectivity index (χ1) is 12.6. The van der Waals surface area contributed by atoms with E-state index >= 15 is 0 Å². The van der Waals surface area contributed by atoms with Crippen LogP contribution in [0.1, 0.15) is 37.7 Å². The van der Waals surface area contributed by atoms with Crippen LogP contribution < -0.4 is 10.2 Å². The summed E-state index contributed by atoms with van der Waals surface area (Å²) >= 11 is 6.21. The van der Waals surface area contributed by atoms with Crippen molar-refractivity contribution >= 4 is 23.2 Å². The van der Waals surface area contributed by atoms with Crippen LogP contribution in [0.3, 0.4) is 0 Å². The highest BCUT2D eigenvalue weighted by Crippen LogP contribution is 2.47. The van der Waals surface area contributed by atoms with Crippen molar-refractivity contribution in [3.8, 4) is 0 Å². The summed E-state index contributed by atoms with van der Waals surface area (Å²) in [5.41, 5.74) is 3.21. The lowest BCUT2D eigenvalue weighted by Crippen LogP contribution is -2.44. The Kier molecular flexibility index (Phi) is 5.05. The smallest absolute Gasteiger partial charge is 0.193 e. The molecule has 2 saturated heterocycles. The maximum absolute atomic E-state index is 6.21. The maximum atomic E-state index is 6.21. The lowest BCUT2D eigenvalue weighted by molar-refractivity contribution is 0.151. The van der Waals surface area contributed by atoms with E-state index in [0.29, 0.717) is 11.3 Å². The lowest BCUT2D eigenvalue weighted by Gasteiger charge is -2.38. The van der Waals surface area contributed by atoms with Crippen LogP contribution in [0.2, 0.25) is 5.02 Å². The zero-order valence-corrected chi connectivity index (χ0v) is 16.9. The monoisotopic (exact) mass is 374 g/mol. The molecule has 1 spiro atoms. The molecule has 1 aliphatic carbocycles. The Morgan fingerprint density at radius 3 is 2.85 bits per heavy atom. The third-order valence-corrected chi connectivity index (χ3v) is 6.95. The Hall–Kier alpha value is -1.42. The average molecular weight is 375 g/mol. The molecule has 1 unspecified atom stereocenters. The van der Waals surface area contributed by atoms with Crippen LogP contribution in [0, 0.1) is 18.3 Å². The SMILES string of the molecule is CN=C(NCC1CCN(c2cc(Cl)ccc2C)C1)N1CCC2(CCC2)C1. The van der Waals surface area contributed by atoms with Gasteiger partial charge in [-0.05, 0) is 61.6 Å². The number of rotatable bonds is 3. The summed E-state index contributed by atoms with van der Waals surface area (Å²) in [7, 11) is 1.92. The molecule has 5 heteroatoms. The molecule has 0 amide bonds. The second kappa shape index (κ2) is 7.30. The first kappa shape index (κ1) is 18.0. The van der Waals surface area contributed by atoms with E-state index in [1.807, 2.05) is 13.1 Å². The van der Waals surface area contributed by atoms with E-state index in [4.69, 9.17) is 11.6 Å². The Morgan fingerprint density at radius 1 is 1.31 bits per heavy atom. The third kappa shape index (κ3) is 3.53. The number of anilines is 1. The van der Waals surface area contributed by atoms with Crippen LogP contribution in [-0.2, 0) is 0 Å². The molecule has 0 bridgehead atoms. The lowest BCUT2D eigenvalue weighted by atomic mass is 9.68. The summed E-state index contributed by atoms with van der Waals surface area (Å²) in [6.45, 7) is 7.74. The van der Waals surface area contributed by atoms with Crippen molar-refractivity contribution in [2.24, 2.45) is 16.3 Å². The predicted molar refractivity (Wildman–Crippen MR) is 110 cm³/mol. The highest BCUT2D eigenvalue weighted by atomic mass is 35.5. The van der Waals surface area contributed by atoms with Gasteiger partial charge >= 0.3 is 0 Å². The second-order valence-electron chi connectivity index (χ2n) is 8.48. The molecule has 1 aromatic carbocycles. The zero-order chi connectivity index (χ0) is 18.1. The summed E-state index contributed by atoms with van der Waals surface area (Å²) in [5, 5.41) is 4.49. The highest BCUT2D eigenvalue weighted by Gasteiger charge is 2.43. The Labute approximate surface area is 162 Å². The standard InChI is InChI=1S/C21H31ClN4/c1-16-4-5-18(22)12-19(16)25-10-6-17(14-25)13-24-20(23-2)26-11-9-21(15-26)7-3-8-21/h4-5,12,17H,3,6-11,13-15H2,1-2H3,(H,23,24). The van der Waals surface area contributed by atoms with Gasteiger partial charge in [0.2, 0.25) is 0 Å². The number of guanidine groups is 1. The first-order valence-corrected chi connectivity index (χ1v) is 10.4. The molecule has 1 saturated carbocycles. The zero-order valence-electron chi connectivity index (χ0n) is 16.1. The van der Waals surface area contributed by atoms with E-state index in [0.717, 1.165) is 37.2 Å². The molecule has 1 N–H and O–H groups in total. The van der Waals surface area contributed by atoms with Crippen molar-refractivity contribution in [1.82, 2.24) is 10.2 Å². The predicted octanol–water partition coefficient (Wildman–Crippen LogP) is 3.93. The van der Waals surface area contributed by atoms with Crippen LogP contribution in [0.25, 0.3) is 0 Å². The van der Waals surface area contributed by atoms with Gasteiger partial charge in [0.1, 0.15) is 0 Å². The third-order valence-electron chi connectivity index (χ3n) is 6.71. The summed E-state index contributed by atoms with van der Waals surface area (Å²) in [4.78, 5) is 9.52. The number of benzene rings is 1. The average Bonchev–Trinajstić information content (AvgIpc) is 3.25. The van der Waals surface area contributed by atoms with Gasteiger partial charge in [0.15, 0.2) is 5.96 Å². The van der Waals surface area contributed by atoms with Gasteiger partial charge < -0.3 is 15.1 Å². The minimum atomic E-state index is 0.617. The fourth-order valence-electron chi connectivity index (χ4n) is 4.91. The summed E-state index contributed by atoms with van der Waals surface area (Å²) in [6.07, 6.45) is 6.81. The van der Waals surface area contributed by atoms with E-state index in [-0.39, 0.29) is 0 Å². The molecule has 4 rings (SSSR count). The number of hydrogen-bond donors (Lipinski definition) is 1. The maximum Gasteiger partial charge on any atom is 0.193 e. The largest absolute Gasteiger partial charge is 0.371 e. The number of aryl methyl sites for hydroxylation is 1. The molecular formula is C21H31ClN4.